The first-order chi connectivity index (χ1) is 8.54. The molecule has 0 bridgehead atoms. The van der Waals surface area contributed by atoms with Crippen LogP contribution in [0, 0.1) is 18.3 Å². The Bertz CT molecular complexity index is 381. The third-order valence-electron chi connectivity index (χ3n) is 4.46. The van der Waals surface area contributed by atoms with Crippen molar-refractivity contribution < 1.29 is 0 Å². The van der Waals surface area contributed by atoms with Gasteiger partial charge in [0.15, 0.2) is 0 Å². The Hall–Kier alpha value is -0.890. The molecule has 1 saturated carbocycles. The molecule has 2 nitrogen and oxygen atoms in total. The fourth-order valence-corrected chi connectivity index (χ4v) is 3.35. The van der Waals surface area contributed by atoms with Gasteiger partial charge in [0.2, 0.25) is 0 Å². The molecule has 0 amide bonds. The van der Waals surface area contributed by atoms with Gasteiger partial charge >= 0.3 is 0 Å². The summed E-state index contributed by atoms with van der Waals surface area (Å²) in [5, 5.41) is 3.68. The van der Waals surface area contributed by atoms with Crippen LogP contribution in [0.4, 0.5) is 0 Å². The quantitative estimate of drug-likeness (QED) is 0.872. The van der Waals surface area contributed by atoms with E-state index in [9.17, 15) is 0 Å². The molecule has 1 aromatic heterocycles. The van der Waals surface area contributed by atoms with Gasteiger partial charge in [0, 0.05) is 17.9 Å². The Kier molecular flexibility index (Phi) is 4.06. The van der Waals surface area contributed by atoms with E-state index >= 15 is 0 Å². The number of hydrogen-bond acceptors (Lipinski definition) is 2. The molecule has 2 atom stereocenters. The highest BCUT2D eigenvalue weighted by Crippen LogP contribution is 2.48. The lowest BCUT2D eigenvalue weighted by molar-refractivity contribution is 0.199. The molecule has 0 aromatic carbocycles. The molecule has 2 heteroatoms. The van der Waals surface area contributed by atoms with Gasteiger partial charge in [-0.15, -0.1) is 0 Å². The predicted molar refractivity (Wildman–Crippen MR) is 76.5 cm³/mol. The first-order valence-corrected chi connectivity index (χ1v) is 7.20. The maximum atomic E-state index is 4.46. The van der Waals surface area contributed by atoms with E-state index in [4.69, 9.17) is 0 Å². The number of pyridine rings is 1. The Morgan fingerprint density at radius 3 is 2.72 bits per heavy atom. The molecular formula is C16H26N2. The van der Waals surface area contributed by atoms with Crippen LogP contribution in [0.2, 0.25) is 0 Å². The van der Waals surface area contributed by atoms with Gasteiger partial charge in [0.1, 0.15) is 0 Å². The normalized spacial score (nSPS) is 24.1. The lowest BCUT2D eigenvalue weighted by Crippen LogP contribution is -2.34. The van der Waals surface area contributed by atoms with E-state index in [-0.39, 0.29) is 0 Å². The van der Waals surface area contributed by atoms with Crippen LogP contribution in [0.15, 0.2) is 18.3 Å². The molecule has 1 aliphatic rings. The summed E-state index contributed by atoms with van der Waals surface area (Å²) in [6.07, 6.45) is 6.09. The molecule has 0 spiro atoms. The van der Waals surface area contributed by atoms with Gasteiger partial charge in [-0.1, -0.05) is 33.3 Å². The highest BCUT2D eigenvalue weighted by Gasteiger charge is 2.39. The summed E-state index contributed by atoms with van der Waals surface area (Å²) < 4.78 is 0. The SMILES string of the molecule is CCNC(c1ccc(C)nc1)C1CCCC1(C)C. The van der Waals surface area contributed by atoms with E-state index in [0.717, 1.165) is 18.2 Å². The monoisotopic (exact) mass is 246 g/mol. The molecule has 1 aromatic rings. The molecule has 0 saturated heterocycles. The van der Waals surface area contributed by atoms with Crippen molar-refractivity contribution in [1.82, 2.24) is 10.3 Å². The second-order valence-electron chi connectivity index (χ2n) is 6.26. The zero-order valence-corrected chi connectivity index (χ0v) is 12.2. The Balaban J connectivity index is 2.25. The molecule has 2 unspecified atom stereocenters. The number of hydrogen-bond donors (Lipinski definition) is 1. The number of nitrogens with zero attached hydrogens (tertiary/aromatic N) is 1. The summed E-state index contributed by atoms with van der Waals surface area (Å²) in [5.74, 6) is 0.724. The van der Waals surface area contributed by atoms with E-state index in [1.165, 1.54) is 24.8 Å². The van der Waals surface area contributed by atoms with Crippen LogP contribution in [-0.2, 0) is 0 Å². The lowest BCUT2D eigenvalue weighted by atomic mass is 9.75. The summed E-state index contributed by atoms with van der Waals surface area (Å²) in [6, 6.07) is 4.83. The third kappa shape index (κ3) is 2.74. The van der Waals surface area contributed by atoms with E-state index in [2.05, 4.69) is 49.4 Å². The third-order valence-corrected chi connectivity index (χ3v) is 4.46. The molecule has 1 heterocycles. The molecule has 1 aliphatic carbocycles. The number of nitrogens with one attached hydrogen (secondary N) is 1. The van der Waals surface area contributed by atoms with Crippen molar-refractivity contribution in [2.24, 2.45) is 11.3 Å². The first-order valence-electron chi connectivity index (χ1n) is 7.20. The topological polar surface area (TPSA) is 24.9 Å². The van der Waals surface area contributed by atoms with Gasteiger partial charge in [0.05, 0.1) is 0 Å². The molecule has 1 N–H and O–H groups in total. The summed E-state index contributed by atoms with van der Waals surface area (Å²) in [4.78, 5) is 4.46. The smallest absolute Gasteiger partial charge is 0.0372 e. The van der Waals surface area contributed by atoms with Gasteiger partial charge in [-0.25, -0.2) is 0 Å². The highest BCUT2D eigenvalue weighted by atomic mass is 14.9. The average Bonchev–Trinajstić information content (AvgIpc) is 2.67. The van der Waals surface area contributed by atoms with E-state index in [0.29, 0.717) is 11.5 Å². The summed E-state index contributed by atoms with van der Waals surface area (Å²) >= 11 is 0. The number of rotatable bonds is 4. The van der Waals surface area contributed by atoms with Crippen LogP contribution >= 0.6 is 0 Å². The van der Waals surface area contributed by atoms with Crippen molar-refractivity contribution in [3.05, 3.63) is 29.6 Å². The summed E-state index contributed by atoms with van der Waals surface area (Å²) in [6.45, 7) is 10.1. The predicted octanol–water partition coefficient (Wildman–Crippen LogP) is 3.87. The van der Waals surface area contributed by atoms with E-state index < -0.39 is 0 Å². The first kappa shape index (κ1) is 13.5. The van der Waals surface area contributed by atoms with Gasteiger partial charge < -0.3 is 5.32 Å². The van der Waals surface area contributed by atoms with Crippen molar-refractivity contribution in [3.8, 4) is 0 Å². The lowest BCUT2D eigenvalue weighted by Gasteiger charge is -2.35. The molecule has 1 fully saturated rings. The second-order valence-corrected chi connectivity index (χ2v) is 6.26. The molecule has 2 rings (SSSR count). The van der Waals surface area contributed by atoms with Crippen LogP contribution < -0.4 is 5.32 Å². The maximum absolute atomic E-state index is 4.46. The van der Waals surface area contributed by atoms with Crippen molar-refractivity contribution in [1.29, 1.82) is 0 Å². The summed E-state index contributed by atoms with van der Waals surface area (Å²) in [7, 11) is 0. The minimum absolute atomic E-state index is 0.442. The van der Waals surface area contributed by atoms with Crippen molar-refractivity contribution in [2.45, 2.75) is 53.0 Å². The van der Waals surface area contributed by atoms with E-state index in [1.807, 2.05) is 6.92 Å². The fourth-order valence-electron chi connectivity index (χ4n) is 3.35. The minimum Gasteiger partial charge on any atom is -0.310 e. The van der Waals surface area contributed by atoms with Crippen LogP contribution in [-0.4, -0.2) is 11.5 Å². The Morgan fingerprint density at radius 2 is 2.22 bits per heavy atom. The minimum atomic E-state index is 0.442. The second kappa shape index (κ2) is 5.40. The molecule has 0 radical (unpaired) electrons. The van der Waals surface area contributed by atoms with Crippen molar-refractivity contribution >= 4 is 0 Å². The number of aryl methyl sites for hydroxylation is 1. The molecular weight excluding hydrogens is 220 g/mol. The zero-order chi connectivity index (χ0) is 13.2. The van der Waals surface area contributed by atoms with Crippen molar-refractivity contribution in [2.75, 3.05) is 6.54 Å². The van der Waals surface area contributed by atoms with Crippen molar-refractivity contribution in [3.63, 3.8) is 0 Å². The zero-order valence-electron chi connectivity index (χ0n) is 12.2. The van der Waals surface area contributed by atoms with Gasteiger partial charge in [-0.05, 0) is 49.3 Å². The molecule has 100 valence electrons. The van der Waals surface area contributed by atoms with Crippen LogP contribution in [0.3, 0.4) is 0 Å². The average molecular weight is 246 g/mol. The van der Waals surface area contributed by atoms with Gasteiger partial charge in [-0.3, -0.25) is 4.98 Å². The van der Waals surface area contributed by atoms with Gasteiger partial charge in [0.25, 0.3) is 0 Å². The Morgan fingerprint density at radius 1 is 1.44 bits per heavy atom. The fraction of sp³-hybridized carbons (Fsp3) is 0.688. The van der Waals surface area contributed by atoms with Crippen LogP contribution in [0.5, 0.6) is 0 Å². The standard InChI is InChI=1S/C16H26N2/c1-5-17-15(13-9-8-12(2)18-11-13)14-7-6-10-16(14,3)4/h8-9,11,14-15,17H,5-7,10H2,1-4H3. The molecule has 18 heavy (non-hydrogen) atoms. The number of aromatic nitrogens is 1. The molecule has 0 aliphatic heterocycles. The van der Waals surface area contributed by atoms with Gasteiger partial charge in [-0.2, -0.15) is 0 Å². The Labute approximate surface area is 111 Å². The van der Waals surface area contributed by atoms with Crippen LogP contribution in [0.1, 0.15) is 57.3 Å². The van der Waals surface area contributed by atoms with E-state index in [1.54, 1.807) is 0 Å². The van der Waals surface area contributed by atoms with Crippen LogP contribution in [0.25, 0.3) is 0 Å². The largest absolute Gasteiger partial charge is 0.310 e. The summed E-state index contributed by atoms with van der Waals surface area (Å²) in [5.41, 5.74) is 2.89. The maximum Gasteiger partial charge on any atom is 0.0372 e. The highest BCUT2D eigenvalue weighted by molar-refractivity contribution is 5.19.